The predicted octanol–water partition coefficient (Wildman–Crippen LogP) is 3.05. The van der Waals surface area contributed by atoms with Crippen LogP contribution in [0.2, 0.25) is 0 Å². The van der Waals surface area contributed by atoms with Gasteiger partial charge in [0, 0.05) is 20.1 Å². The van der Waals surface area contributed by atoms with Crippen LogP contribution in [0.4, 0.5) is 17.3 Å². The number of nitrogens with one attached hydrogen (secondary N) is 1. The van der Waals surface area contributed by atoms with E-state index >= 15 is 0 Å². The van der Waals surface area contributed by atoms with Crippen LogP contribution in [0.25, 0.3) is 0 Å². The monoisotopic (exact) mass is 278 g/mol. The first kappa shape index (κ1) is 14.6. The third kappa shape index (κ3) is 3.37. The molecule has 0 spiro atoms. The summed E-state index contributed by atoms with van der Waals surface area (Å²) < 4.78 is 0. The molecule has 0 aromatic carbocycles. The summed E-state index contributed by atoms with van der Waals surface area (Å²) in [7, 11) is 1.73. The van der Waals surface area contributed by atoms with Crippen molar-refractivity contribution < 1.29 is 4.92 Å². The highest BCUT2D eigenvalue weighted by molar-refractivity contribution is 5.55. The molecule has 1 aliphatic heterocycles. The van der Waals surface area contributed by atoms with Gasteiger partial charge in [0.05, 0.1) is 17.1 Å². The Morgan fingerprint density at radius 2 is 2.15 bits per heavy atom. The summed E-state index contributed by atoms with van der Waals surface area (Å²) in [4.78, 5) is 17.2. The zero-order valence-electron chi connectivity index (χ0n) is 12.1. The third-order valence-corrected chi connectivity index (χ3v) is 3.90. The Morgan fingerprint density at radius 3 is 2.70 bits per heavy atom. The van der Waals surface area contributed by atoms with E-state index in [-0.39, 0.29) is 10.6 Å². The van der Waals surface area contributed by atoms with Gasteiger partial charge in [0.25, 0.3) is 5.69 Å². The molecule has 1 N–H and O–H groups in total. The van der Waals surface area contributed by atoms with Crippen LogP contribution < -0.4 is 10.2 Å². The normalized spacial score (nSPS) is 16.2. The summed E-state index contributed by atoms with van der Waals surface area (Å²) >= 11 is 0. The topological polar surface area (TPSA) is 71.3 Å². The van der Waals surface area contributed by atoms with Crippen LogP contribution in [0.15, 0.2) is 12.1 Å². The van der Waals surface area contributed by atoms with Crippen molar-refractivity contribution in [2.45, 2.75) is 32.6 Å². The molecule has 0 atom stereocenters. The van der Waals surface area contributed by atoms with Crippen LogP contribution in [0.3, 0.4) is 0 Å². The Balaban J connectivity index is 2.12. The van der Waals surface area contributed by atoms with E-state index in [4.69, 9.17) is 0 Å². The van der Waals surface area contributed by atoms with Crippen molar-refractivity contribution >= 4 is 17.3 Å². The van der Waals surface area contributed by atoms with Crippen molar-refractivity contribution in [1.82, 2.24) is 4.98 Å². The minimum atomic E-state index is -0.365. The maximum Gasteiger partial charge on any atom is 0.276 e. The molecule has 0 radical (unpaired) electrons. The summed E-state index contributed by atoms with van der Waals surface area (Å²) in [6, 6.07) is 3.04. The lowest BCUT2D eigenvalue weighted by atomic mass is 9.92. The molecule has 0 amide bonds. The van der Waals surface area contributed by atoms with E-state index in [0.29, 0.717) is 11.6 Å². The second kappa shape index (κ2) is 6.54. The highest BCUT2D eigenvalue weighted by atomic mass is 16.6. The van der Waals surface area contributed by atoms with Gasteiger partial charge < -0.3 is 10.2 Å². The molecular weight excluding hydrogens is 256 g/mol. The molecule has 1 fully saturated rings. The van der Waals surface area contributed by atoms with Gasteiger partial charge in [0.1, 0.15) is 11.6 Å². The van der Waals surface area contributed by atoms with E-state index in [9.17, 15) is 10.1 Å². The highest BCUT2D eigenvalue weighted by Gasteiger charge is 2.21. The second-order valence-electron chi connectivity index (χ2n) is 5.29. The smallest absolute Gasteiger partial charge is 0.276 e. The molecule has 0 aliphatic carbocycles. The maximum absolute atomic E-state index is 11.0. The summed E-state index contributed by atoms with van der Waals surface area (Å²) in [5.41, 5.74) is 0.0926. The minimum absolute atomic E-state index is 0.0926. The fourth-order valence-electron chi connectivity index (χ4n) is 2.76. The van der Waals surface area contributed by atoms with Crippen LogP contribution in [0, 0.1) is 16.0 Å². The molecule has 0 saturated carbocycles. The Bertz CT molecular complexity index is 470. The molecular formula is C14H22N4O2. The summed E-state index contributed by atoms with van der Waals surface area (Å²) in [6.07, 6.45) is 4.79. The van der Waals surface area contributed by atoms with Crippen LogP contribution in [-0.4, -0.2) is 30.0 Å². The van der Waals surface area contributed by atoms with Crippen LogP contribution >= 0.6 is 0 Å². The molecule has 0 unspecified atom stereocenters. The van der Waals surface area contributed by atoms with Gasteiger partial charge in [0.15, 0.2) is 0 Å². The van der Waals surface area contributed by atoms with Gasteiger partial charge >= 0.3 is 0 Å². The van der Waals surface area contributed by atoms with Gasteiger partial charge in [-0.15, -0.1) is 0 Å². The van der Waals surface area contributed by atoms with Gasteiger partial charge in [-0.05, 0) is 18.8 Å². The summed E-state index contributed by atoms with van der Waals surface area (Å²) in [5, 5.41) is 13.9. The summed E-state index contributed by atoms with van der Waals surface area (Å²) in [6.45, 7) is 4.08. The standard InChI is InChI=1S/C14H22N4O2/c1-3-4-11-5-7-17(8-6-11)14-10-12(18(19)20)9-13(15-2)16-14/h9-11H,3-8H2,1-2H3,(H,15,16). The number of piperidine rings is 1. The molecule has 1 aromatic heterocycles. The van der Waals surface area contributed by atoms with E-state index in [1.165, 1.54) is 18.9 Å². The molecule has 110 valence electrons. The van der Waals surface area contributed by atoms with Crippen molar-refractivity contribution in [3.05, 3.63) is 22.2 Å². The largest absolute Gasteiger partial charge is 0.373 e. The zero-order chi connectivity index (χ0) is 14.5. The number of pyridine rings is 1. The minimum Gasteiger partial charge on any atom is -0.373 e. The highest BCUT2D eigenvalue weighted by Crippen LogP contribution is 2.28. The fraction of sp³-hybridized carbons (Fsp3) is 0.643. The van der Waals surface area contributed by atoms with E-state index < -0.39 is 0 Å². The lowest BCUT2D eigenvalue weighted by Crippen LogP contribution is -2.34. The number of nitro groups is 1. The molecule has 1 aromatic rings. The number of anilines is 2. The van der Waals surface area contributed by atoms with E-state index in [1.54, 1.807) is 13.1 Å². The quantitative estimate of drug-likeness (QED) is 0.662. The Kier molecular flexibility index (Phi) is 4.76. The molecule has 2 rings (SSSR count). The SMILES string of the molecule is CCCC1CCN(c2cc([N+](=O)[O-])cc(NC)n2)CC1. The van der Waals surface area contributed by atoms with E-state index in [1.807, 2.05) is 0 Å². The van der Waals surface area contributed by atoms with Crippen LogP contribution in [0.5, 0.6) is 0 Å². The van der Waals surface area contributed by atoms with Gasteiger partial charge in [-0.3, -0.25) is 10.1 Å². The molecule has 2 heterocycles. The van der Waals surface area contributed by atoms with Gasteiger partial charge in [-0.2, -0.15) is 0 Å². The third-order valence-electron chi connectivity index (χ3n) is 3.90. The number of hydrogen-bond acceptors (Lipinski definition) is 5. The number of aromatic nitrogens is 1. The van der Waals surface area contributed by atoms with Gasteiger partial charge in [0.2, 0.25) is 0 Å². The van der Waals surface area contributed by atoms with Crippen molar-refractivity contribution in [3.8, 4) is 0 Å². The predicted molar refractivity (Wildman–Crippen MR) is 80.3 cm³/mol. The lowest BCUT2D eigenvalue weighted by Gasteiger charge is -2.32. The average molecular weight is 278 g/mol. The van der Waals surface area contributed by atoms with Gasteiger partial charge in [-0.1, -0.05) is 19.8 Å². The molecule has 6 nitrogen and oxygen atoms in total. The summed E-state index contributed by atoms with van der Waals surface area (Å²) in [5.74, 6) is 2.04. The first-order chi connectivity index (χ1) is 9.63. The first-order valence-electron chi connectivity index (χ1n) is 7.23. The molecule has 6 heteroatoms. The second-order valence-corrected chi connectivity index (χ2v) is 5.29. The maximum atomic E-state index is 11.0. The number of nitrogens with zero attached hydrogens (tertiary/aromatic N) is 3. The Morgan fingerprint density at radius 1 is 1.45 bits per heavy atom. The van der Waals surface area contributed by atoms with E-state index in [0.717, 1.165) is 31.8 Å². The van der Waals surface area contributed by atoms with Crippen molar-refractivity contribution in [3.63, 3.8) is 0 Å². The van der Waals surface area contributed by atoms with Crippen LogP contribution in [-0.2, 0) is 0 Å². The van der Waals surface area contributed by atoms with Gasteiger partial charge in [-0.25, -0.2) is 4.98 Å². The molecule has 20 heavy (non-hydrogen) atoms. The van der Waals surface area contributed by atoms with Crippen molar-refractivity contribution in [2.24, 2.45) is 5.92 Å². The first-order valence-corrected chi connectivity index (χ1v) is 7.23. The van der Waals surface area contributed by atoms with Crippen LogP contribution in [0.1, 0.15) is 32.6 Å². The molecule has 1 aliphatic rings. The molecule has 0 bridgehead atoms. The fourth-order valence-corrected chi connectivity index (χ4v) is 2.76. The Labute approximate surface area is 119 Å². The average Bonchev–Trinajstić information content (AvgIpc) is 2.47. The van der Waals surface area contributed by atoms with Crippen molar-refractivity contribution in [1.29, 1.82) is 0 Å². The zero-order valence-corrected chi connectivity index (χ0v) is 12.1. The van der Waals surface area contributed by atoms with E-state index in [2.05, 4.69) is 22.1 Å². The lowest BCUT2D eigenvalue weighted by molar-refractivity contribution is -0.384. The van der Waals surface area contributed by atoms with Crippen molar-refractivity contribution in [2.75, 3.05) is 30.4 Å². The number of rotatable bonds is 5. The number of hydrogen-bond donors (Lipinski definition) is 1. The molecule has 1 saturated heterocycles. The Hall–Kier alpha value is -1.85.